The number of halogens is 2. The smallest absolute Gasteiger partial charge is 0.267 e. The van der Waals surface area contributed by atoms with Crippen molar-refractivity contribution in [1.82, 2.24) is 4.90 Å². The Hall–Kier alpha value is -0.750. The summed E-state index contributed by atoms with van der Waals surface area (Å²) in [5.41, 5.74) is 5.39. The summed E-state index contributed by atoms with van der Waals surface area (Å²) >= 11 is 0. The summed E-state index contributed by atoms with van der Waals surface area (Å²) in [5, 5.41) is 0. The van der Waals surface area contributed by atoms with Gasteiger partial charge in [0.1, 0.15) is 0 Å². The van der Waals surface area contributed by atoms with Gasteiger partial charge in [-0.2, -0.15) is 0 Å². The summed E-state index contributed by atoms with van der Waals surface area (Å²) in [4.78, 5) is 12.6. The largest absolute Gasteiger partial charge is 0.383 e. The number of methoxy groups -OCH3 is 1. The quantitative estimate of drug-likeness (QED) is 0.743. The van der Waals surface area contributed by atoms with Crippen molar-refractivity contribution in [2.24, 2.45) is 5.73 Å². The monoisotopic (exact) mass is 222 g/mol. The van der Waals surface area contributed by atoms with Crippen LogP contribution in [0.4, 0.5) is 8.78 Å². The molecule has 2 N–H and O–H groups in total. The van der Waals surface area contributed by atoms with Crippen molar-refractivity contribution in [3.8, 4) is 0 Å². The minimum Gasteiger partial charge on any atom is -0.383 e. The highest BCUT2D eigenvalue weighted by atomic mass is 19.3. The number of carbonyl (C=O) groups excluding carboxylic acids is 1. The first-order valence-electron chi connectivity index (χ1n) is 4.80. The molecule has 2 atom stereocenters. The molecule has 0 aromatic rings. The van der Waals surface area contributed by atoms with E-state index >= 15 is 0 Å². The first-order chi connectivity index (χ1) is 6.87. The Kier molecular flexibility index (Phi) is 3.62. The van der Waals surface area contributed by atoms with Gasteiger partial charge in [0.2, 0.25) is 5.91 Å². The van der Waals surface area contributed by atoms with Crippen molar-refractivity contribution < 1.29 is 18.3 Å². The Labute approximate surface area is 87.4 Å². The van der Waals surface area contributed by atoms with E-state index in [0.717, 1.165) is 4.90 Å². The first kappa shape index (κ1) is 12.3. The molecule has 1 fully saturated rings. The summed E-state index contributed by atoms with van der Waals surface area (Å²) in [7, 11) is 1.42. The Morgan fingerprint density at radius 1 is 1.73 bits per heavy atom. The van der Waals surface area contributed by atoms with Gasteiger partial charge in [-0.05, 0) is 6.92 Å². The lowest BCUT2D eigenvalue weighted by Crippen LogP contribution is -2.46. The lowest BCUT2D eigenvalue weighted by atomic mass is 10.2. The molecule has 4 nitrogen and oxygen atoms in total. The zero-order valence-electron chi connectivity index (χ0n) is 8.87. The summed E-state index contributed by atoms with van der Waals surface area (Å²) in [5.74, 6) is -3.28. The number of ether oxygens (including phenoxy) is 1. The predicted octanol–water partition coefficient (Wildman–Crippen LogP) is 0.216. The van der Waals surface area contributed by atoms with Crippen molar-refractivity contribution >= 4 is 5.91 Å². The van der Waals surface area contributed by atoms with Crippen LogP contribution in [0.15, 0.2) is 0 Å². The fourth-order valence-corrected chi connectivity index (χ4v) is 1.76. The van der Waals surface area contributed by atoms with E-state index in [-0.39, 0.29) is 13.0 Å². The molecule has 88 valence electrons. The van der Waals surface area contributed by atoms with E-state index in [1.807, 2.05) is 0 Å². The average molecular weight is 222 g/mol. The van der Waals surface area contributed by atoms with Crippen LogP contribution in [0, 0.1) is 0 Å². The highest BCUT2D eigenvalue weighted by Crippen LogP contribution is 2.32. The second-order valence-electron chi connectivity index (χ2n) is 3.92. The molecule has 1 aliphatic rings. The number of rotatable bonds is 3. The normalized spacial score (nSPS) is 26.7. The third-order valence-electron chi connectivity index (χ3n) is 2.41. The number of carbonyl (C=O) groups is 1. The number of alkyl halides is 2. The number of amides is 1. The second kappa shape index (κ2) is 4.40. The molecule has 6 heteroatoms. The van der Waals surface area contributed by atoms with Crippen LogP contribution in [-0.4, -0.2) is 49.1 Å². The molecule has 1 saturated heterocycles. The van der Waals surface area contributed by atoms with Crippen LogP contribution in [0.2, 0.25) is 0 Å². The molecule has 1 amide bonds. The molecule has 1 heterocycles. The Morgan fingerprint density at radius 3 is 2.80 bits per heavy atom. The van der Waals surface area contributed by atoms with Gasteiger partial charge in [0.15, 0.2) is 0 Å². The minimum absolute atomic E-state index is 0.119. The number of nitrogens with zero attached hydrogens (tertiary/aromatic N) is 1. The topological polar surface area (TPSA) is 55.6 Å². The van der Waals surface area contributed by atoms with Gasteiger partial charge in [0.25, 0.3) is 5.92 Å². The molecule has 0 spiro atoms. The fourth-order valence-electron chi connectivity index (χ4n) is 1.76. The van der Waals surface area contributed by atoms with Gasteiger partial charge in [-0.25, -0.2) is 8.78 Å². The van der Waals surface area contributed by atoms with Crippen LogP contribution in [-0.2, 0) is 9.53 Å². The Balaban J connectivity index is 2.72. The van der Waals surface area contributed by atoms with E-state index < -0.39 is 30.5 Å². The number of nitrogens with two attached hydrogens (primary N) is 1. The van der Waals surface area contributed by atoms with Crippen LogP contribution in [0.3, 0.4) is 0 Å². The average Bonchev–Trinajstić information content (AvgIpc) is 2.40. The van der Waals surface area contributed by atoms with Crippen LogP contribution in [0.25, 0.3) is 0 Å². The molecule has 0 aromatic carbocycles. The highest BCUT2D eigenvalue weighted by Gasteiger charge is 2.47. The molecular weight excluding hydrogens is 206 g/mol. The number of hydrogen-bond donors (Lipinski definition) is 1. The molecule has 2 unspecified atom stereocenters. The van der Waals surface area contributed by atoms with Gasteiger partial charge < -0.3 is 15.4 Å². The molecule has 0 aliphatic carbocycles. The van der Waals surface area contributed by atoms with Gasteiger partial charge in [-0.15, -0.1) is 0 Å². The lowest BCUT2D eigenvalue weighted by Gasteiger charge is -2.24. The van der Waals surface area contributed by atoms with E-state index in [0.29, 0.717) is 0 Å². The van der Waals surface area contributed by atoms with E-state index in [4.69, 9.17) is 10.5 Å². The van der Waals surface area contributed by atoms with Crippen LogP contribution >= 0.6 is 0 Å². The Morgan fingerprint density at radius 2 is 2.33 bits per heavy atom. The standard InChI is InChI=1S/C9H16F2N2O2/c1-6(12)8(14)13-5-9(10,11)3-7(13)4-15-2/h6-7H,3-5,12H2,1-2H3. The van der Waals surface area contributed by atoms with E-state index in [2.05, 4.69) is 0 Å². The number of hydrogen-bond acceptors (Lipinski definition) is 3. The van der Waals surface area contributed by atoms with Crippen LogP contribution < -0.4 is 5.73 Å². The molecule has 1 aliphatic heterocycles. The number of likely N-dealkylation sites (tertiary alicyclic amines) is 1. The molecule has 15 heavy (non-hydrogen) atoms. The third-order valence-corrected chi connectivity index (χ3v) is 2.41. The van der Waals surface area contributed by atoms with Crippen molar-refractivity contribution in [2.75, 3.05) is 20.3 Å². The van der Waals surface area contributed by atoms with Gasteiger partial charge in [-0.1, -0.05) is 0 Å². The highest BCUT2D eigenvalue weighted by molar-refractivity contribution is 5.81. The van der Waals surface area contributed by atoms with E-state index in [1.165, 1.54) is 14.0 Å². The van der Waals surface area contributed by atoms with Crippen molar-refractivity contribution in [3.63, 3.8) is 0 Å². The predicted molar refractivity (Wildman–Crippen MR) is 50.6 cm³/mol. The Bertz CT molecular complexity index is 246. The van der Waals surface area contributed by atoms with Gasteiger partial charge >= 0.3 is 0 Å². The van der Waals surface area contributed by atoms with Crippen molar-refractivity contribution in [1.29, 1.82) is 0 Å². The van der Waals surface area contributed by atoms with Crippen molar-refractivity contribution in [3.05, 3.63) is 0 Å². The van der Waals surface area contributed by atoms with E-state index in [9.17, 15) is 13.6 Å². The maximum absolute atomic E-state index is 13.1. The zero-order chi connectivity index (χ0) is 11.6. The molecule has 1 rings (SSSR count). The summed E-state index contributed by atoms with van der Waals surface area (Å²) < 4.78 is 31.0. The SMILES string of the molecule is COCC1CC(F)(F)CN1C(=O)C(C)N. The second-order valence-corrected chi connectivity index (χ2v) is 3.92. The minimum atomic E-state index is -2.83. The third kappa shape index (κ3) is 2.85. The van der Waals surface area contributed by atoms with Crippen molar-refractivity contribution in [2.45, 2.75) is 31.4 Å². The maximum atomic E-state index is 13.1. The maximum Gasteiger partial charge on any atom is 0.267 e. The first-order valence-corrected chi connectivity index (χ1v) is 4.80. The van der Waals surface area contributed by atoms with Gasteiger partial charge in [-0.3, -0.25) is 4.79 Å². The summed E-state index contributed by atoms with van der Waals surface area (Å²) in [6, 6.07) is -1.32. The lowest BCUT2D eigenvalue weighted by molar-refractivity contribution is -0.135. The zero-order valence-corrected chi connectivity index (χ0v) is 8.87. The molecule has 0 radical (unpaired) electrons. The molecule has 0 saturated carbocycles. The molecule has 0 aromatic heterocycles. The molecular formula is C9H16F2N2O2. The van der Waals surface area contributed by atoms with Gasteiger partial charge in [0.05, 0.1) is 25.2 Å². The summed E-state index contributed by atoms with van der Waals surface area (Å²) in [6.07, 6.45) is -0.348. The van der Waals surface area contributed by atoms with Crippen LogP contribution in [0.1, 0.15) is 13.3 Å². The van der Waals surface area contributed by atoms with Crippen LogP contribution in [0.5, 0.6) is 0 Å². The van der Waals surface area contributed by atoms with E-state index in [1.54, 1.807) is 0 Å². The van der Waals surface area contributed by atoms with Gasteiger partial charge in [0, 0.05) is 13.5 Å². The molecule has 0 bridgehead atoms. The summed E-state index contributed by atoms with van der Waals surface area (Å²) in [6.45, 7) is 1.05. The fraction of sp³-hybridized carbons (Fsp3) is 0.889.